The van der Waals surface area contributed by atoms with Crippen molar-refractivity contribution in [3.63, 3.8) is 0 Å². The number of carbonyl (C=O) groups is 1. The summed E-state index contributed by atoms with van der Waals surface area (Å²) in [6.45, 7) is 1.27. The molecule has 2 aromatic carbocycles. The van der Waals surface area contributed by atoms with Gasteiger partial charge in [0.1, 0.15) is 12.4 Å². The Balaban J connectivity index is 2.26. The third-order valence-electron chi connectivity index (χ3n) is 3.03. The molecular weight excluding hydrogens is 408 g/mol. The van der Waals surface area contributed by atoms with Crippen molar-refractivity contribution in [3.8, 4) is 5.75 Å². The minimum absolute atomic E-state index is 0.0805. The van der Waals surface area contributed by atoms with Crippen LogP contribution in [0.5, 0.6) is 5.75 Å². The maximum atomic E-state index is 13.0. The molecule has 2 rings (SSSR count). The summed E-state index contributed by atoms with van der Waals surface area (Å²) in [7, 11) is 0. The SMILES string of the molecule is CC(=O)c1ccc(OCc2ccccc2I)cc1C(F)(F)F. The summed E-state index contributed by atoms with van der Waals surface area (Å²) < 4.78 is 45.4. The average molecular weight is 420 g/mol. The van der Waals surface area contributed by atoms with Crippen molar-refractivity contribution in [2.75, 3.05) is 0 Å². The van der Waals surface area contributed by atoms with Gasteiger partial charge in [0.2, 0.25) is 0 Å². The van der Waals surface area contributed by atoms with Gasteiger partial charge in [-0.25, -0.2) is 0 Å². The molecule has 0 aromatic heterocycles. The van der Waals surface area contributed by atoms with Crippen LogP contribution in [0.4, 0.5) is 13.2 Å². The molecule has 0 aliphatic carbocycles. The summed E-state index contributed by atoms with van der Waals surface area (Å²) in [4.78, 5) is 11.3. The molecule has 2 aromatic rings. The number of rotatable bonds is 4. The summed E-state index contributed by atoms with van der Waals surface area (Å²) in [6, 6.07) is 10.8. The molecule has 116 valence electrons. The van der Waals surface area contributed by atoms with Crippen molar-refractivity contribution in [3.05, 3.63) is 62.7 Å². The fraction of sp³-hybridized carbons (Fsp3) is 0.188. The lowest BCUT2D eigenvalue weighted by Gasteiger charge is -2.14. The fourth-order valence-corrected chi connectivity index (χ4v) is 2.47. The second-order valence-electron chi connectivity index (χ2n) is 4.64. The molecule has 0 amide bonds. The van der Waals surface area contributed by atoms with Gasteiger partial charge in [0.05, 0.1) is 5.56 Å². The number of carbonyl (C=O) groups excluding carboxylic acids is 1. The van der Waals surface area contributed by atoms with E-state index in [1.165, 1.54) is 6.07 Å². The molecular formula is C16H12F3IO2. The van der Waals surface area contributed by atoms with E-state index in [2.05, 4.69) is 22.6 Å². The maximum Gasteiger partial charge on any atom is 0.417 e. The summed E-state index contributed by atoms with van der Waals surface area (Å²) >= 11 is 2.13. The zero-order valence-electron chi connectivity index (χ0n) is 11.6. The van der Waals surface area contributed by atoms with Gasteiger partial charge >= 0.3 is 6.18 Å². The smallest absolute Gasteiger partial charge is 0.417 e. The van der Waals surface area contributed by atoms with E-state index in [0.717, 1.165) is 28.2 Å². The number of ketones is 1. The average Bonchev–Trinajstić information content (AvgIpc) is 2.45. The highest BCUT2D eigenvalue weighted by Gasteiger charge is 2.34. The highest BCUT2D eigenvalue weighted by atomic mass is 127. The molecule has 0 saturated heterocycles. The van der Waals surface area contributed by atoms with E-state index in [0.29, 0.717) is 0 Å². The Hall–Kier alpha value is -1.57. The number of hydrogen-bond donors (Lipinski definition) is 0. The molecule has 0 spiro atoms. The number of halogens is 4. The number of hydrogen-bond acceptors (Lipinski definition) is 2. The molecule has 6 heteroatoms. The number of Topliss-reactive ketones (excluding diaryl/α,β-unsaturated/α-hetero) is 1. The van der Waals surface area contributed by atoms with E-state index >= 15 is 0 Å². The topological polar surface area (TPSA) is 26.3 Å². The normalized spacial score (nSPS) is 11.3. The number of ether oxygens (including phenoxy) is 1. The summed E-state index contributed by atoms with van der Waals surface area (Å²) in [6.07, 6.45) is -4.60. The largest absolute Gasteiger partial charge is 0.489 e. The lowest BCUT2D eigenvalue weighted by molar-refractivity contribution is -0.138. The van der Waals surface area contributed by atoms with E-state index in [-0.39, 0.29) is 17.9 Å². The monoisotopic (exact) mass is 420 g/mol. The molecule has 0 aliphatic heterocycles. The van der Waals surface area contributed by atoms with Crippen LogP contribution in [0, 0.1) is 3.57 Å². The highest BCUT2D eigenvalue weighted by Crippen LogP contribution is 2.34. The Morgan fingerprint density at radius 3 is 2.45 bits per heavy atom. The van der Waals surface area contributed by atoms with Crippen LogP contribution < -0.4 is 4.74 Å². The summed E-state index contributed by atoms with van der Waals surface area (Å²) in [5.74, 6) is -0.548. The van der Waals surface area contributed by atoms with Gasteiger partial charge in [-0.05, 0) is 53.8 Å². The van der Waals surface area contributed by atoms with Gasteiger partial charge in [0.25, 0.3) is 0 Å². The van der Waals surface area contributed by atoms with E-state index in [4.69, 9.17) is 4.74 Å². The van der Waals surface area contributed by atoms with Crippen molar-refractivity contribution in [2.24, 2.45) is 0 Å². The van der Waals surface area contributed by atoms with Crippen LogP contribution in [0.2, 0.25) is 0 Å². The van der Waals surface area contributed by atoms with E-state index < -0.39 is 17.5 Å². The van der Waals surface area contributed by atoms with Crippen LogP contribution in [0.25, 0.3) is 0 Å². The predicted octanol–water partition coefficient (Wildman–Crippen LogP) is 5.09. The van der Waals surface area contributed by atoms with Gasteiger partial charge in [-0.2, -0.15) is 13.2 Å². The number of alkyl halides is 3. The van der Waals surface area contributed by atoms with E-state index in [1.807, 2.05) is 24.3 Å². The van der Waals surface area contributed by atoms with Crippen molar-refractivity contribution in [1.82, 2.24) is 0 Å². The fourth-order valence-electron chi connectivity index (χ4n) is 1.93. The van der Waals surface area contributed by atoms with Crippen LogP contribution in [0.1, 0.15) is 28.4 Å². The molecule has 0 unspecified atom stereocenters. The Morgan fingerprint density at radius 2 is 1.86 bits per heavy atom. The quantitative estimate of drug-likeness (QED) is 0.509. The Labute approximate surface area is 139 Å². The van der Waals surface area contributed by atoms with Gasteiger partial charge in [-0.3, -0.25) is 4.79 Å². The van der Waals surface area contributed by atoms with E-state index in [9.17, 15) is 18.0 Å². The highest BCUT2D eigenvalue weighted by molar-refractivity contribution is 14.1. The van der Waals surface area contributed by atoms with Gasteiger partial charge in [-0.1, -0.05) is 18.2 Å². The molecule has 0 atom stereocenters. The van der Waals surface area contributed by atoms with Gasteiger partial charge in [-0.15, -0.1) is 0 Å². The second kappa shape index (κ2) is 6.68. The van der Waals surface area contributed by atoms with Crippen LogP contribution in [-0.2, 0) is 12.8 Å². The minimum atomic E-state index is -4.60. The Morgan fingerprint density at radius 1 is 1.18 bits per heavy atom. The van der Waals surface area contributed by atoms with E-state index in [1.54, 1.807) is 0 Å². The first-order valence-corrected chi connectivity index (χ1v) is 7.45. The molecule has 0 N–H and O–H groups in total. The lowest BCUT2D eigenvalue weighted by atomic mass is 10.0. The van der Waals surface area contributed by atoms with Crippen LogP contribution in [-0.4, -0.2) is 5.78 Å². The second-order valence-corrected chi connectivity index (χ2v) is 5.80. The van der Waals surface area contributed by atoms with Crippen LogP contribution in [0.3, 0.4) is 0 Å². The molecule has 0 bridgehead atoms. The van der Waals surface area contributed by atoms with Crippen molar-refractivity contribution >= 4 is 28.4 Å². The predicted molar refractivity (Wildman–Crippen MR) is 84.9 cm³/mol. The van der Waals surface area contributed by atoms with Gasteiger partial charge in [0.15, 0.2) is 5.78 Å². The third kappa shape index (κ3) is 4.00. The van der Waals surface area contributed by atoms with Gasteiger partial charge < -0.3 is 4.74 Å². The third-order valence-corrected chi connectivity index (χ3v) is 4.08. The molecule has 0 radical (unpaired) electrons. The maximum absolute atomic E-state index is 13.0. The van der Waals surface area contributed by atoms with Crippen LogP contribution in [0.15, 0.2) is 42.5 Å². The lowest BCUT2D eigenvalue weighted by Crippen LogP contribution is -2.12. The Bertz CT molecular complexity index is 696. The van der Waals surface area contributed by atoms with Crippen LogP contribution >= 0.6 is 22.6 Å². The summed E-state index contributed by atoms with van der Waals surface area (Å²) in [5, 5.41) is 0. The van der Waals surface area contributed by atoms with Crippen molar-refractivity contribution in [2.45, 2.75) is 19.7 Å². The first kappa shape index (κ1) is 16.8. The van der Waals surface area contributed by atoms with Crippen molar-refractivity contribution < 1.29 is 22.7 Å². The van der Waals surface area contributed by atoms with Gasteiger partial charge in [0, 0.05) is 14.7 Å². The zero-order chi connectivity index (χ0) is 16.3. The standard InChI is InChI=1S/C16H12F3IO2/c1-10(21)13-7-6-12(8-14(13)16(17,18)19)22-9-11-4-2-3-5-15(11)20/h2-8H,9H2,1H3. The molecule has 0 saturated carbocycles. The molecule has 0 heterocycles. The minimum Gasteiger partial charge on any atom is -0.489 e. The summed E-state index contributed by atoms with van der Waals surface area (Å²) in [5.41, 5.74) is -0.443. The molecule has 0 aliphatic rings. The molecule has 2 nitrogen and oxygen atoms in total. The first-order chi connectivity index (χ1) is 10.3. The zero-order valence-corrected chi connectivity index (χ0v) is 13.7. The first-order valence-electron chi connectivity index (χ1n) is 6.37. The van der Waals surface area contributed by atoms with Crippen molar-refractivity contribution in [1.29, 1.82) is 0 Å². The Kier molecular flexibility index (Phi) is 5.10. The molecule has 0 fully saturated rings. The number of benzene rings is 2. The molecule has 22 heavy (non-hydrogen) atoms.